The number of rotatable bonds is 9. The summed E-state index contributed by atoms with van der Waals surface area (Å²) in [6.07, 6.45) is 1.75. The summed E-state index contributed by atoms with van der Waals surface area (Å²) >= 11 is 6.28. The summed E-state index contributed by atoms with van der Waals surface area (Å²) in [5.74, 6) is 1.34. The molecule has 0 aromatic heterocycles. The topological polar surface area (TPSA) is 32.7 Å². The van der Waals surface area contributed by atoms with Gasteiger partial charge in [0.25, 0.3) is 0 Å². The highest BCUT2D eigenvalue weighted by molar-refractivity contribution is 6.22. The van der Waals surface area contributed by atoms with Crippen LogP contribution in [0.4, 0.5) is 11.4 Å². The van der Waals surface area contributed by atoms with Crippen LogP contribution in [0.25, 0.3) is 0 Å². The zero-order valence-electron chi connectivity index (χ0n) is 22.7. The van der Waals surface area contributed by atoms with Gasteiger partial charge in [-0.05, 0) is 59.8 Å². The maximum Gasteiger partial charge on any atom is 0.239 e. The first kappa shape index (κ1) is 28.1. The molecule has 0 aliphatic rings. The third-order valence-corrected chi connectivity index (χ3v) is 7.03. The van der Waals surface area contributed by atoms with E-state index in [1.54, 1.807) is 11.2 Å². The van der Waals surface area contributed by atoms with Gasteiger partial charge >= 0.3 is 0 Å². The first-order chi connectivity index (χ1) is 15.8. The van der Waals surface area contributed by atoms with E-state index in [1.165, 1.54) is 11.1 Å². The molecule has 2 aromatic carbocycles. The van der Waals surface area contributed by atoms with Gasteiger partial charge < -0.3 is 0 Å². The molecule has 0 heterocycles. The summed E-state index contributed by atoms with van der Waals surface area (Å²) in [4.78, 5) is 20.8. The van der Waals surface area contributed by atoms with Crippen LogP contribution in [0.5, 0.6) is 0 Å². The van der Waals surface area contributed by atoms with Crippen LogP contribution in [0.3, 0.4) is 0 Å². The smallest absolute Gasteiger partial charge is 0.239 e. The largest absolute Gasteiger partial charge is 0.273 e. The standard InChI is InChI=1S/C30H43ClN2O/c1-19(2)23-13-11-14-24(20(3)4)27(23)32-18-33(29(34)30(9,10)17-31)28-25(21(5)6)15-12-16-26(28)22(7)8/h11-16,18-22H,17H2,1-10H3/b32-18+. The summed E-state index contributed by atoms with van der Waals surface area (Å²) in [5.41, 5.74) is 5.81. The number of hydrogen-bond donors (Lipinski definition) is 0. The van der Waals surface area contributed by atoms with Gasteiger partial charge in [-0.1, -0.05) is 91.8 Å². The Hall–Kier alpha value is -2.13. The number of aliphatic imine (C=N–C) groups is 1. The molecule has 2 aromatic rings. The normalized spacial score (nSPS) is 12.6. The van der Waals surface area contributed by atoms with Crippen LogP contribution in [0.1, 0.15) is 115 Å². The number of nitrogens with zero attached hydrogens (tertiary/aromatic N) is 2. The fourth-order valence-electron chi connectivity index (χ4n) is 4.16. The second kappa shape index (κ2) is 11.5. The predicted octanol–water partition coefficient (Wildman–Crippen LogP) is 9.14. The molecular formula is C30H43ClN2O. The molecule has 2 rings (SSSR count). The lowest BCUT2D eigenvalue weighted by atomic mass is 9.89. The Labute approximate surface area is 212 Å². The van der Waals surface area contributed by atoms with Crippen LogP contribution in [-0.2, 0) is 4.79 Å². The molecule has 186 valence electrons. The van der Waals surface area contributed by atoms with E-state index in [-0.39, 0.29) is 23.6 Å². The van der Waals surface area contributed by atoms with Crippen LogP contribution in [-0.4, -0.2) is 18.1 Å². The van der Waals surface area contributed by atoms with Crippen molar-refractivity contribution in [1.29, 1.82) is 0 Å². The van der Waals surface area contributed by atoms with Crippen molar-refractivity contribution >= 4 is 35.2 Å². The molecule has 4 heteroatoms. The van der Waals surface area contributed by atoms with Crippen molar-refractivity contribution in [3.8, 4) is 0 Å². The fraction of sp³-hybridized carbons (Fsp3) is 0.533. The molecule has 0 saturated heterocycles. The average Bonchev–Trinajstić information content (AvgIpc) is 2.78. The lowest BCUT2D eigenvalue weighted by Crippen LogP contribution is -2.42. The molecule has 0 saturated carbocycles. The van der Waals surface area contributed by atoms with Gasteiger partial charge in [0.15, 0.2) is 0 Å². The Kier molecular flexibility index (Phi) is 9.53. The van der Waals surface area contributed by atoms with E-state index >= 15 is 0 Å². The molecule has 0 radical (unpaired) electrons. The Bertz CT molecular complexity index is 966. The van der Waals surface area contributed by atoms with Gasteiger partial charge in [-0.3, -0.25) is 9.69 Å². The molecule has 0 atom stereocenters. The fourth-order valence-corrected chi connectivity index (χ4v) is 4.28. The number of alkyl halides is 1. The SMILES string of the molecule is CC(C)c1cccc(C(C)C)c1/N=C/N(C(=O)C(C)(C)CCl)c1c(C(C)C)cccc1C(C)C. The van der Waals surface area contributed by atoms with E-state index in [0.717, 1.165) is 22.5 Å². The molecule has 0 aliphatic carbocycles. The number of carbonyl (C=O) groups excluding carboxylic acids is 1. The van der Waals surface area contributed by atoms with E-state index in [4.69, 9.17) is 16.6 Å². The Balaban J connectivity index is 2.85. The van der Waals surface area contributed by atoms with Crippen molar-refractivity contribution in [1.82, 2.24) is 0 Å². The predicted molar refractivity (Wildman–Crippen MR) is 149 cm³/mol. The van der Waals surface area contributed by atoms with Crippen LogP contribution in [0.2, 0.25) is 0 Å². The molecule has 0 bridgehead atoms. The summed E-state index contributed by atoms with van der Waals surface area (Å²) in [6, 6.07) is 12.7. The highest BCUT2D eigenvalue weighted by Crippen LogP contribution is 2.39. The summed E-state index contributed by atoms with van der Waals surface area (Å²) < 4.78 is 0. The zero-order valence-corrected chi connectivity index (χ0v) is 23.5. The number of para-hydroxylation sites is 2. The highest BCUT2D eigenvalue weighted by atomic mass is 35.5. The highest BCUT2D eigenvalue weighted by Gasteiger charge is 2.34. The Morgan fingerprint density at radius 3 is 1.56 bits per heavy atom. The molecule has 3 nitrogen and oxygen atoms in total. The molecule has 0 spiro atoms. The Morgan fingerprint density at radius 2 is 1.21 bits per heavy atom. The quantitative estimate of drug-likeness (QED) is 0.199. The van der Waals surface area contributed by atoms with Gasteiger partial charge in [0, 0.05) is 5.88 Å². The molecule has 34 heavy (non-hydrogen) atoms. The van der Waals surface area contributed by atoms with Crippen LogP contribution in [0, 0.1) is 5.41 Å². The minimum atomic E-state index is -0.732. The van der Waals surface area contributed by atoms with Gasteiger partial charge in [0.2, 0.25) is 5.91 Å². The lowest BCUT2D eigenvalue weighted by Gasteiger charge is -2.32. The van der Waals surface area contributed by atoms with Gasteiger partial charge in [-0.15, -0.1) is 11.6 Å². The number of carbonyl (C=O) groups is 1. The first-order valence-electron chi connectivity index (χ1n) is 12.5. The van der Waals surface area contributed by atoms with Crippen LogP contribution >= 0.6 is 11.6 Å². The van der Waals surface area contributed by atoms with Crippen molar-refractivity contribution in [2.75, 3.05) is 10.8 Å². The molecular weight excluding hydrogens is 440 g/mol. The number of hydrogen-bond acceptors (Lipinski definition) is 2. The third kappa shape index (κ3) is 6.10. The number of benzene rings is 2. The number of halogens is 1. The molecule has 0 N–H and O–H groups in total. The number of anilines is 1. The van der Waals surface area contributed by atoms with Crippen molar-refractivity contribution in [3.05, 3.63) is 58.7 Å². The third-order valence-electron chi connectivity index (χ3n) is 6.36. The summed E-state index contributed by atoms with van der Waals surface area (Å²) in [5, 5.41) is 0. The van der Waals surface area contributed by atoms with Crippen molar-refractivity contribution in [3.63, 3.8) is 0 Å². The van der Waals surface area contributed by atoms with Gasteiger partial charge in [-0.25, -0.2) is 4.99 Å². The van der Waals surface area contributed by atoms with E-state index in [2.05, 4.69) is 91.8 Å². The average molecular weight is 483 g/mol. The molecule has 0 aliphatic heterocycles. The second-order valence-corrected chi connectivity index (χ2v) is 11.4. The van der Waals surface area contributed by atoms with Crippen molar-refractivity contribution < 1.29 is 4.79 Å². The molecule has 0 unspecified atom stereocenters. The first-order valence-corrected chi connectivity index (χ1v) is 13.1. The van der Waals surface area contributed by atoms with E-state index in [0.29, 0.717) is 11.8 Å². The van der Waals surface area contributed by atoms with Gasteiger partial charge in [0.1, 0.15) is 6.34 Å². The Morgan fingerprint density at radius 1 is 0.824 bits per heavy atom. The summed E-state index contributed by atoms with van der Waals surface area (Å²) in [7, 11) is 0. The molecule has 1 amide bonds. The van der Waals surface area contributed by atoms with E-state index in [9.17, 15) is 4.79 Å². The van der Waals surface area contributed by atoms with Gasteiger partial charge in [-0.2, -0.15) is 0 Å². The maximum absolute atomic E-state index is 14.0. The number of amides is 1. The maximum atomic E-state index is 14.0. The van der Waals surface area contributed by atoms with Crippen molar-refractivity contribution in [2.24, 2.45) is 10.4 Å². The monoisotopic (exact) mass is 482 g/mol. The van der Waals surface area contributed by atoms with Crippen molar-refractivity contribution in [2.45, 2.75) is 92.9 Å². The van der Waals surface area contributed by atoms with Crippen LogP contribution < -0.4 is 4.90 Å². The minimum absolute atomic E-state index is 0.0469. The van der Waals surface area contributed by atoms with Crippen LogP contribution in [0.15, 0.2) is 41.4 Å². The minimum Gasteiger partial charge on any atom is -0.273 e. The zero-order chi connectivity index (χ0) is 25.8. The second-order valence-electron chi connectivity index (χ2n) is 11.1. The van der Waals surface area contributed by atoms with E-state index < -0.39 is 5.41 Å². The lowest BCUT2D eigenvalue weighted by molar-refractivity contribution is -0.124. The van der Waals surface area contributed by atoms with E-state index in [1.807, 2.05) is 13.8 Å². The summed E-state index contributed by atoms with van der Waals surface area (Å²) in [6.45, 7) is 21.2. The molecule has 0 fully saturated rings. The van der Waals surface area contributed by atoms with Gasteiger partial charge in [0.05, 0.1) is 16.8 Å².